The zero-order valence-corrected chi connectivity index (χ0v) is 12.0. The first-order chi connectivity index (χ1) is 8.09. The Hall–Kier alpha value is -0.880. The fourth-order valence-corrected chi connectivity index (χ4v) is 1.55. The molecule has 1 amide bonds. The van der Waals surface area contributed by atoms with Gasteiger partial charge < -0.3 is 10.1 Å². The number of benzene rings is 1. The summed E-state index contributed by atoms with van der Waals surface area (Å²) in [6.07, 6.45) is 0. The highest BCUT2D eigenvalue weighted by molar-refractivity contribution is 14.1. The highest BCUT2D eigenvalue weighted by atomic mass is 127. The van der Waals surface area contributed by atoms with Crippen LogP contribution in [0.2, 0.25) is 0 Å². The van der Waals surface area contributed by atoms with Gasteiger partial charge in [0.2, 0.25) is 0 Å². The van der Waals surface area contributed by atoms with E-state index in [1.807, 2.05) is 31.2 Å². The van der Waals surface area contributed by atoms with Crippen LogP contribution in [-0.2, 0) is 4.74 Å². The lowest BCUT2D eigenvalue weighted by Gasteiger charge is -2.06. The standard InChI is InChI=1S/C13H16INO2/c1-10(2)9-17-8-7-15-13(16)11-3-5-12(14)6-4-11/h3-6H,1,7-9H2,2H3,(H,15,16). The van der Waals surface area contributed by atoms with Gasteiger partial charge in [-0.25, -0.2) is 0 Å². The molecule has 0 heterocycles. The van der Waals surface area contributed by atoms with E-state index in [2.05, 4.69) is 34.5 Å². The van der Waals surface area contributed by atoms with E-state index in [0.717, 1.165) is 9.14 Å². The van der Waals surface area contributed by atoms with Gasteiger partial charge in [-0.1, -0.05) is 12.2 Å². The smallest absolute Gasteiger partial charge is 0.251 e. The van der Waals surface area contributed by atoms with Gasteiger partial charge in [-0.2, -0.15) is 0 Å². The van der Waals surface area contributed by atoms with Crippen molar-refractivity contribution in [2.75, 3.05) is 19.8 Å². The zero-order valence-electron chi connectivity index (χ0n) is 9.83. The molecule has 0 aromatic heterocycles. The lowest BCUT2D eigenvalue weighted by molar-refractivity contribution is 0.0927. The highest BCUT2D eigenvalue weighted by Gasteiger charge is 2.03. The Morgan fingerprint density at radius 2 is 2.06 bits per heavy atom. The summed E-state index contributed by atoms with van der Waals surface area (Å²) < 4.78 is 6.40. The zero-order chi connectivity index (χ0) is 12.7. The van der Waals surface area contributed by atoms with Crippen LogP contribution in [-0.4, -0.2) is 25.7 Å². The van der Waals surface area contributed by atoms with Gasteiger partial charge in [0.25, 0.3) is 5.91 Å². The summed E-state index contributed by atoms with van der Waals surface area (Å²) in [6.45, 7) is 7.19. The molecular formula is C13H16INO2. The number of amides is 1. The van der Waals surface area contributed by atoms with Gasteiger partial charge >= 0.3 is 0 Å². The third kappa shape index (κ3) is 5.83. The topological polar surface area (TPSA) is 38.3 Å². The Labute approximate surface area is 115 Å². The van der Waals surface area contributed by atoms with Gasteiger partial charge in [0.15, 0.2) is 0 Å². The van der Waals surface area contributed by atoms with E-state index in [4.69, 9.17) is 4.74 Å². The van der Waals surface area contributed by atoms with E-state index in [-0.39, 0.29) is 5.91 Å². The quantitative estimate of drug-likeness (QED) is 0.489. The molecule has 0 aliphatic heterocycles. The molecule has 0 bridgehead atoms. The summed E-state index contributed by atoms with van der Waals surface area (Å²) in [5.74, 6) is -0.0691. The maximum absolute atomic E-state index is 11.7. The van der Waals surface area contributed by atoms with Crippen molar-refractivity contribution in [2.45, 2.75) is 6.92 Å². The van der Waals surface area contributed by atoms with E-state index in [1.54, 1.807) is 0 Å². The van der Waals surface area contributed by atoms with Gasteiger partial charge in [-0.05, 0) is 53.8 Å². The molecule has 1 N–H and O–H groups in total. The number of hydrogen-bond acceptors (Lipinski definition) is 2. The van der Waals surface area contributed by atoms with Crippen LogP contribution in [0.1, 0.15) is 17.3 Å². The molecule has 4 heteroatoms. The Balaban J connectivity index is 2.25. The summed E-state index contributed by atoms with van der Waals surface area (Å²) in [4.78, 5) is 11.7. The van der Waals surface area contributed by atoms with Crippen molar-refractivity contribution in [1.82, 2.24) is 5.32 Å². The van der Waals surface area contributed by atoms with Crippen LogP contribution in [0, 0.1) is 3.57 Å². The van der Waals surface area contributed by atoms with Crippen LogP contribution in [0.25, 0.3) is 0 Å². The maximum atomic E-state index is 11.7. The van der Waals surface area contributed by atoms with Gasteiger partial charge in [-0.15, -0.1) is 0 Å². The van der Waals surface area contributed by atoms with Crippen molar-refractivity contribution in [1.29, 1.82) is 0 Å². The van der Waals surface area contributed by atoms with Crippen LogP contribution in [0.5, 0.6) is 0 Å². The van der Waals surface area contributed by atoms with E-state index in [0.29, 0.717) is 25.3 Å². The molecule has 0 fully saturated rings. The molecule has 0 aliphatic carbocycles. The highest BCUT2D eigenvalue weighted by Crippen LogP contribution is 2.06. The molecule has 0 unspecified atom stereocenters. The minimum atomic E-state index is -0.0691. The number of nitrogens with one attached hydrogen (secondary N) is 1. The molecule has 1 rings (SSSR count). The lowest BCUT2D eigenvalue weighted by Crippen LogP contribution is -2.27. The number of rotatable bonds is 6. The summed E-state index contributed by atoms with van der Waals surface area (Å²) in [6, 6.07) is 7.44. The molecule has 0 radical (unpaired) electrons. The Morgan fingerprint density at radius 3 is 2.65 bits per heavy atom. The number of hydrogen-bond donors (Lipinski definition) is 1. The fraction of sp³-hybridized carbons (Fsp3) is 0.308. The molecule has 92 valence electrons. The minimum absolute atomic E-state index is 0.0691. The molecule has 3 nitrogen and oxygen atoms in total. The van der Waals surface area contributed by atoms with Crippen LogP contribution < -0.4 is 5.32 Å². The van der Waals surface area contributed by atoms with Crippen LogP contribution in [0.3, 0.4) is 0 Å². The number of halogens is 1. The molecule has 0 aliphatic rings. The van der Waals surface area contributed by atoms with Crippen molar-refractivity contribution >= 4 is 28.5 Å². The molecule has 0 saturated heterocycles. The summed E-state index contributed by atoms with van der Waals surface area (Å²) in [5, 5.41) is 2.80. The fourth-order valence-electron chi connectivity index (χ4n) is 1.19. The monoisotopic (exact) mass is 345 g/mol. The number of carbonyl (C=O) groups excluding carboxylic acids is 1. The van der Waals surface area contributed by atoms with Gasteiger partial charge in [0, 0.05) is 15.7 Å². The molecule has 0 saturated carbocycles. The van der Waals surface area contributed by atoms with Crippen LogP contribution in [0.4, 0.5) is 0 Å². The second kappa shape index (κ2) is 7.45. The molecular weight excluding hydrogens is 329 g/mol. The van der Waals surface area contributed by atoms with Crippen molar-refractivity contribution in [3.8, 4) is 0 Å². The summed E-state index contributed by atoms with van der Waals surface area (Å²) in [5.41, 5.74) is 1.65. The van der Waals surface area contributed by atoms with Crippen molar-refractivity contribution in [3.63, 3.8) is 0 Å². The first-order valence-electron chi connectivity index (χ1n) is 5.35. The predicted octanol–water partition coefficient (Wildman–Crippen LogP) is 2.61. The summed E-state index contributed by atoms with van der Waals surface area (Å²) in [7, 11) is 0. The van der Waals surface area contributed by atoms with Crippen LogP contribution >= 0.6 is 22.6 Å². The second-order valence-corrected chi connectivity index (χ2v) is 5.02. The Morgan fingerprint density at radius 1 is 1.41 bits per heavy atom. The lowest BCUT2D eigenvalue weighted by atomic mass is 10.2. The molecule has 0 atom stereocenters. The average Bonchev–Trinajstić information content (AvgIpc) is 2.29. The van der Waals surface area contributed by atoms with Crippen molar-refractivity contribution < 1.29 is 9.53 Å². The molecule has 1 aromatic rings. The van der Waals surface area contributed by atoms with Gasteiger partial charge in [0.05, 0.1) is 13.2 Å². The third-order valence-corrected chi connectivity index (χ3v) is 2.71. The second-order valence-electron chi connectivity index (χ2n) is 3.77. The van der Waals surface area contributed by atoms with Crippen LogP contribution in [0.15, 0.2) is 36.4 Å². The number of ether oxygens (including phenoxy) is 1. The minimum Gasteiger partial charge on any atom is -0.375 e. The number of carbonyl (C=O) groups is 1. The predicted molar refractivity (Wildman–Crippen MR) is 77.1 cm³/mol. The van der Waals surface area contributed by atoms with Crippen molar-refractivity contribution in [2.24, 2.45) is 0 Å². The first kappa shape index (κ1) is 14.2. The van der Waals surface area contributed by atoms with Gasteiger partial charge in [0.1, 0.15) is 0 Å². The molecule has 1 aromatic carbocycles. The maximum Gasteiger partial charge on any atom is 0.251 e. The summed E-state index contributed by atoms with van der Waals surface area (Å²) >= 11 is 2.21. The van der Waals surface area contributed by atoms with E-state index < -0.39 is 0 Å². The van der Waals surface area contributed by atoms with E-state index in [1.165, 1.54) is 0 Å². The normalized spacial score (nSPS) is 10.0. The molecule has 17 heavy (non-hydrogen) atoms. The van der Waals surface area contributed by atoms with Gasteiger partial charge in [-0.3, -0.25) is 4.79 Å². The van der Waals surface area contributed by atoms with Crippen molar-refractivity contribution in [3.05, 3.63) is 45.6 Å². The van der Waals surface area contributed by atoms with E-state index >= 15 is 0 Å². The molecule has 0 spiro atoms. The van der Waals surface area contributed by atoms with E-state index in [9.17, 15) is 4.79 Å². The SMILES string of the molecule is C=C(C)COCCNC(=O)c1ccc(I)cc1. The third-order valence-electron chi connectivity index (χ3n) is 1.99. The first-order valence-corrected chi connectivity index (χ1v) is 6.43. The Kier molecular flexibility index (Phi) is 6.21. The Bertz CT molecular complexity index is 387. The largest absolute Gasteiger partial charge is 0.375 e. The average molecular weight is 345 g/mol.